The number of rotatable bonds is 9. The summed E-state index contributed by atoms with van der Waals surface area (Å²) in [6, 6.07) is 13.6. The highest BCUT2D eigenvalue weighted by molar-refractivity contribution is 8.00. The molecule has 0 saturated heterocycles. The number of unbranched alkanes of at least 4 members (excludes halogenated alkanes) is 1. The Kier molecular flexibility index (Phi) is 8.42. The van der Waals surface area contributed by atoms with Gasteiger partial charge in [0.05, 0.1) is 12.1 Å². The molecule has 0 bridgehead atoms. The summed E-state index contributed by atoms with van der Waals surface area (Å²) in [7, 11) is 0. The normalized spacial score (nSPS) is 10.9. The average molecular weight is 465 g/mol. The third kappa shape index (κ3) is 7.03. The first-order valence-electron chi connectivity index (χ1n) is 9.43. The standard InChI is InChI=1S/C22H22Cl2N2OS2/c1-2-3-4-15-5-9-18(10-6-15)25-21(27)12-19-14-29-22(26-19)28-13-16-7-8-17(23)11-20(16)24/h5-11,14H,2-4,12-13H2,1H3,(H,25,27). The highest BCUT2D eigenvalue weighted by Crippen LogP contribution is 2.30. The SMILES string of the molecule is CCCCc1ccc(NC(=O)Cc2csc(SCc3ccc(Cl)cc3Cl)n2)cc1. The zero-order chi connectivity index (χ0) is 20.6. The van der Waals surface area contributed by atoms with Crippen LogP contribution in [0.15, 0.2) is 52.2 Å². The first-order valence-corrected chi connectivity index (χ1v) is 12.1. The number of thioether (sulfide) groups is 1. The van der Waals surface area contributed by atoms with E-state index < -0.39 is 0 Å². The molecule has 0 radical (unpaired) electrons. The van der Waals surface area contributed by atoms with Crippen molar-refractivity contribution in [2.45, 2.75) is 42.7 Å². The molecular weight excluding hydrogens is 443 g/mol. The molecule has 3 rings (SSSR count). The Labute approximate surface area is 189 Å². The second-order valence-electron chi connectivity index (χ2n) is 6.65. The Bertz CT molecular complexity index is 958. The number of benzene rings is 2. The Morgan fingerprint density at radius 3 is 2.69 bits per heavy atom. The molecule has 1 aromatic heterocycles. The lowest BCUT2D eigenvalue weighted by atomic mass is 10.1. The van der Waals surface area contributed by atoms with E-state index in [2.05, 4.69) is 29.4 Å². The summed E-state index contributed by atoms with van der Waals surface area (Å²) < 4.78 is 0.916. The van der Waals surface area contributed by atoms with Crippen molar-refractivity contribution in [2.75, 3.05) is 5.32 Å². The zero-order valence-electron chi connectivity index (χ0n) is 16.1. The molecule has 3 nitrogen and oxygen atoms in total. The van der Waals surface area contributed by atoms with Gasteiger partial charge in [-0.3, -0.25) is 4.79 Å². The molecule has 1 N–H and O–H groups in total. The Morgan fingerprint density at radius 2 is 1.97 bits per heavy atom. The molecular formula is C22H22Cl2N2OS2. The predicted molar refractivity (Wildman–Crippen MR) is 126 cm³/mol. The van der Waals surface area contributed by atoms with Crippen LogP contribution in [-0.4, -0.2) is 10.9 Å². The van der Waals surface area contributed by atoms with Crippen molar-refractivity contribution in [3.8, 4) is 0 Å². The van der Waals surface area contributed by atoms with Gasteiger partial charge >= 0.3 is 0 Å². The number of amides is 1. The van der Waals surface area contributed by atoms with Gasteiger partial charge < -0.3 is 5.32 Å². The van der Waals surface area contributed by atoms with Gasteiger partial charge in [-0.2, -0.15) is 0 Å². The molecule has 152 valence electrons. The fraction of sp³-hybridized carbons (Fsp3) is 0.273. The smallest absolute Gasteiger partial charge is 0.230 e. The maximum atomic E-state index is 12.3. The minimum atomic E-state index is -0.0612. The van der Waals surface area contributed by atoms with Gasteiger partial charge in [0.25, 0.3) is 0 Å². The van der Waals surface area contributed by atoms with Crippen LogP contribution >= 0.6 is 46.3 Å². The predicted octanol–water partition coefficient (Wildman–Crippen LogP) is 7.27. The maximum absolute atomic E-state index is 12.3. The average Bonchev–Trinajstić information content (AvgIpc) is 3.14. The molecule has 7 heteroatoms. The summed E-state index contributed by atoms with van der Waals surface area (Å²) in [4.78, 5) is 16.9. The third-order valence-electron chi connectivity index (χ3n) is 4.30. The number of nitrogens with one attached hydrogen (secondary N) is 1. The van der Waals surface area contributed by atoms with Gasteiger partial charge in [-0.25, -0.2) is 4.98 Å². The lowest BCUT2D eigenvalue weighted by molar-refractivity contribution is -0.115. The van der Waals surface area contributed by atoms with Crippen molar-refractivity contribution in [3.05, 3.63) is 74.7 Å². The fourth-order valence-electron chi connectivity index (χ4n) is 2.72. The van der Waals surface area contributed by atoms with E-state index in [-0.39, 0.29) is 12.3 Å². The van der Waals surface area contributed by atoms with Crippen LogP contribution in [0.1, 0.15) is 36.6 Å². The number of carbonyl (C=O) groups excluding carboxylic acids is 1. The molecule has 0 aliphatic heterocycles. The third-order valence-corrected chi connectivity index (χ3v) is 7.00. The number of nitrogens with zero attached hydrogens (tertiary/aromatic N) is 1. The van der Waals surface area contributed by atoms with E-state index in [4.69, 9.17) is 23.2 Å². The van der Waals surface area contributed by atoms with E-state index >= 15 is 0 Å². The van der Waals surface area contributed by atoms with E-state index in [1.54, 1.807) is 17.8 Å². The highest BCUT2D eigenvalue weighted by Gasteiger charge is 2.10. The molecule has 3 aromatic rings. The first-order chi connectivity index (χ1) is 14.0. The van der Waals surface area contributed by atoms with E-state index in [0.717, 1.165) is 27.7 Å². The number of aromatic nitrogens is 1. The van der Waals surface area contributed by atoms with Crippen LogP contribution in [0, 0.1) is 0 Å². The summed E-state index contributed by atoms with van der Waals surface area (Å²) in [5.41, 5.74) is 3.90. The first kappa shape index (κ1) is 22.2. The van der Waals surface area contributed by atoms with Crippen LogP contribution in [0.4, 0.5) is 5.69 Å². The van der Waals surface area contributed by atoms with Crippen molar-refractivity contribution < 1.29 is 4.79 Å². The molecule has 0 aliphatic carbocycles. The minimum Gasteiger partial charge on any atom is -0.326 e. The maximum Gasteiger partial charge on any atom is 0.230 e. The number of halogens is 2. The summed E-state index contributed by atoms with van der Waals surface area (Å²) in [6.07, 6.45) is 3.70. The second kappa shape index (κ2) is 11.0. The van der Waals surface area contributed by atoms with Crippen LogP contribution in [0.3, 0.4) is 0 Å². The molecule has 2 aromatic carbocycles. The molecule has 0 fully saturated rings. The van der Waals surface area contributed by atoms with Crippen molar-refractivity contribution in [1.29, 1.82) is 0 Å². The second-order valence-corrected chi connectivity index (χ2v) is 9.58. The van der Waals surface area contributed by atoms with Gasteiger partial charge in [0, 0.05) is 26.9 Å². The molecule has 0 aliphatic rings. The van der Waals surface area contributed by atoms with E-state index in [0.29, 0.717) is 15.8 Å². The lowest BCUT2D eigenvalue weighted by Gasteiger charge is -2.06. The van der Waals surface area contributed by atoms with Gasteiger partial charge in [-0.05, 0) is 48.2 Å². The van der Waals surface area contributed by atoms with Crippen molar-refractivity contribution in [2.24, 2.45) is 0 Å². The molecule has 0 spiro atoms. The van der Waals surface area contributed by atoms with Crippen LogP contribution in [0.25, 0.3) is 0 Å². The van der Waals surface area contributed by atoms with E-state index in [1.165, 1.54) is 29.7 Å². The number of thiazole rings is 1. The van der Waals surface area contributed by atoms with Crippen LogP contribution in [-0.2, 0) is 23.4 Å². The highest BCUT2D eigenvalue weighted by atomic mass is 35.5. The number of hydrogen-bond donors (Lipinski definition) is 1. The molecule has 0 saturated carbocycles. The largest absolute Gasteiger partial charge is 0.326 e. The summed E-state index contributed by atoms with van der Waals surface area (Å²) in [5, 5.41) is 6.15. The Morgan fingerprint density at radius 1 is 1.17 bits per heavy atom. The Balaban J connectivity index is 1.49. The molecule has 29 heavy (non-hydrogen) atoms. The number of carbonyl (C=O) groups is 1. The van der Waals surface area contributed by atoms with Crippen LogP contribution in [0.5, 0.6) is 0 Å². The number of hydrogen-bond acceptors (Lipinski definition) is 4. The van der Waals surface area contributed by atoms with Gasteiger partial charge in [-0.15, -0.1) is 11.3 Å². The van der Waals surface area contributed by atoms with E-state index in [9.17, 15) is 4.79 Å². The molecule has 0 unspecified atom stereocenters. The fourth-order valence-corrected chi connectivity index (χ4v) is 5.12. The lowest BCUT2D eigenvalue weighted by Crippen LogP contribution is -2.14. The van der Waals surface area contributed by atoms with Crippen LogP contribution in [0.2, 0.25) is 10.0 Å². The van der Waals surface area contributed by atoms with Crippen molar-refractivity contribution >= 4 is 57.9 Å². The topological polar surface area (TPSA) is 42.0 Å². The van der Waals surface area contributed by atoms with Crippen molar-refractivity contribution in [1.82, 2.24) is 4.98 Å². The van der Waals surface area contributed by atoms with Gasteiger partial charge in [0.2, 0.25) is 5.91 Å². The minimum absolute atomic E-state index is 0.0612. The molecule has 1 heterocycles. The summed E-state index contributed by atoms with van der Waals surface area (Å²) >= 11 is 15.3. The molecule has 1 amide bonds. The van der Waals surface area contributed by atoms with Gasteiger partial charge in [-0.1, -0.05) is 66.5 Å². The monoisotopic (exact) mass is 464 g/mol. The summed E-state index contributed by atoms with van der Waals surface area (Å²) in [5.74, 6) is 0.647. The summed E-state index contributed by atoms with van der Waals surface area (Å²) in [6.45, 7) is 2.18. The van der Waals surface area contributed by atoms with Crippen LogP contribution < -0.4 is 5.32 Å². The molecule has 0 atom stereocenters. The van der Waals surface area contributed by atoms with Gasteiger partial charge in [0.1, 0.15) is 4.34 Å². The Hall–Kier alpha value is -1.53. The number of anilines is 1. The van der Waals surface area contributed by atoms with Gasteiger partial charge in [0.15, 0.2) is 0 Å². The number of aryl methyl sites for hydroxylation is 1. The van der Waals surface area contributed by atoms with E-state index in [1.807, 2.05) is 29.6 Å². The zero-order valence-corrected chi connectivity index (χ0v) is 19.2. The van der Waals surface area contributed by atoms with Crippen molar-refractivity contribution in [3.63, 3.8) is 0 Å². The quantitative estimate of drug-likeness (QED) is 0.338.